The minimum atomic E-state index is 0.0315. The molecule has 0 radical (unpaired) electrons. The summed E-state index contributed by atoms with van der Waals surface area (Å²) in [6, 6.07) is 4.36. The van der Waals surface area contributed by atoms with Gasteiger partial charge in [0, 0.05) is 30.3 Å². The van der Waals surface area contributed by atoms with E-state index in [1.54, 1.807) is 0 Å². The fourth-order valence-corrected chi connectivity index (χ4v) is 2.24. The lowest BCUT2D eigenvalue weighted by atomic mass is 10.1. The molecular formula is C16H24N4O. The Balaban J connectivity index is 1.95. The van der Waals surface area contributed by atoms with Crippen molar-refractivity contribution in [1.29, 1.82) is 0 Å². The molecule has 1 N–H and O–H groups in total. The number of nitrogens with one attached hydrogen (secondary N) is 1. The molecule has 0 unspecified atom stereocenters. The van der Waals surface area contributed by atoms with Gasteiger partial charge in [0.15, 0.2) is 5.82 Å². The van der Waals surface area contributed by atoms with E-state index < -0.39 is 0 Å². The summed E-state index contributed by atoms with van der Waals surface area (Å²) in [5.74, 6) is 1.68. The first-order chi connectivity index (χ1) is 9.97. The first kappa shape index (κ1) is 15.6. The van der Waals surface area contributed by atoms with Gasteiger partial charge in [0.05, 0.1) is 6.04 Å². The van der Waals surface area contributed by atoms with Crippen molar-refractivity contribution < 1.29 is 4.52 Å². The zero-order valence-electron chi connectivity index (χ0n) is 13.4. The maximum absolute atomic E-state index is 5.32. The fourth-order valence-electron chi connectivity index (χ4n) is 2.24. The number of nitrogens with zero attached hydrogens (tertiary/aromatic N) is 3. The highest BCUT2D eigenvalue weighted by Crippen LogP contribution is 2.16. The van der Waals surface area contributed by atoms with Crippen LogP contribution in [0.3, 0.4) is 0 Å². The number of hydrogen-bond donors (Lipinski definition) is 1. The van der Waals surface area contributed by atoms with Gasteiger partial charge in [-0.25, -0.2) is 0 Å². The molecule has 0 saturated carbocycles. The second-order valence-electron chi connectivity index (χ2n) is 5.91. The molecular weight excluding hydrogens is 264 g/mol. The van der Waals surface area contributed by atoms with Crippen molar-refractivity contribution in [2.75, 3.05) is 0 Å². The van der Waals surface area contributed by atoms with Crippen molar-refractivity contribution in [2.45, 2.75) is 59.0 Å². The van der Waals surface area contributed by atoms with Crippen LogP contribution in [0.5, 0.6) is 0 Å². The van der Waals surface area contributed by atoms with Crippen molar-refractivity contribution in [1.82, 2.24) is 20.4 Å². The molecule has 2 rings (SSSR count). The Morgan fingerprint density at radius 2 is 2.00 bits per heavy atom. The summed E-state index contributed by atoms with van der Waals surface area (Å²) >= 11 is 0. The van der Waals surface area contributed by atoms with Crippen LogP contribution < -0.4 is 5.32 Å². The van der Waals surface area contributed by atoms with Crippen LogP contribution in [-0.2, 0) is 6.42 Å². The summed E-state index contributed by atoms with van der Waals surface area (Å²) in [6.45, 7) is 10.4. The SMILES string of the molecule is Cc1cccnc1C[C@H](C)N[C@@H](C)c1nc(C(C)C)no1. The third-order valence-corrected chi connectivity index (χ3v) is 3.50. The van der Waals surface area contributed by atoms with Gasteiger partial charge in [-0.05, 0) is 32.4 Å². The summed E-state index contributed by atoms with van der Waals surface area (Å²) in [5, 5.41) is 7.49. The van der Waals surface area contributed by atoms with Crippen molar-refractivity contribution in [3.8, 4) is 0 Å². The lowest BCUT2D eigenvalue weighted by Crippen LogP contribution is -2.31. The first-order valence-corrected chi connectivity index (χ1v) is 7.47. The number of aryl methyl sites for hydroxylation is 1. The highest BCUT2D eigenvalue weighted by molar-refractivity contribution is 5.18. The topological polar surface area (TPSA) is 63.8 Å². The van der Waals surface area contributed by atoms with E-state index in [0.717, 1.165) is 17.9 Å². The average Bonchev–Trinajstić information content (AvgIpc) is 2.91. The average molecular weight is 288 g/mol. The standard InChI is InChI=1S/C16H24N4O/c1-10(2)15-19-16(21-20-15)13(5)18-12(4)9-14-11(3)7-6-8-17-14/h6-8,10,12-13,18H,9H2,1-5H3/t12-,13-/m0/s1. The maximum atomic E-state index is 5.32. The molecule has 2 aromatic heterocycles. The second kappa shape index (κ2) is 6.80. The largest absolute Gasteiger partial charge is 0.338 e. The van der Waals surface area contributed by atoms with E-state index in [-0.39, 0.29) is 18.0 Å². The summed E-state index contributed by atoms with van der Waals surface area (Å²) in [7, 11) is 0. The third kappa shape index (κ3) is 4.11. The molecule has 0 aromatic carbocycles. The van der Waals surface area contributed by atoms with Gasteiger partial charge in [-0.2, -0.15) is 4.98 Å². The Bertz CT molecular complexity index is 579. The molecule has 5 heteroatoms. The monoisotopic (exact) mass is 288 g/mol. The zero-order valence-corrected chi connectivity index (χ0v) is 13.4. The van der Waals surface area contributed by atoms with Crippen LogP contribution in [0.1, 0.15) is 62.6 Å². The molecule has 0 aliphatic carbocycles. The molecule has 2 aromatic rings. The molecule has 0 aliphatic rings. The van der Waals surface area contributed by atoms with Gasteiger partial charge < -0.3 is 9.84 Å². The van der Waals surface area contributed by atoms with Gasteiger partial charge in [0.1, 0.15) is 0 Å². The zero-order chi connectivity index (χ0) is 15.4. The molecule has 5 nitrogen and oxygen atoms in total. The lowest BCUT2D eigenvalue weighted by molar-refractivity contribution is 0.322. The minimum absolute atomic E-state index is 0.0315. The van der Waals surface area contributed by atoms with Crippen LogP contribution in [0, 0.1) is 6.92 Å². The number of rotatable bonds is 6. The molecule has 0 bridgehead atoms. The quantitative estimate of drug-likeness (QED) is 0.884. The number of aromatic nitrogens is 3. The minimum Gasteiger partial charge on any atom is -0.338 e. The van der Waals surface area contributed by atoms with Crippen molar-refractivity contribution >= 4 is 0 Å². The molecule has 0 fully saturated rings. The third-order valence-electron chi connectivity index (χ3n) is 3.50. The van der Waals surface area contributed by atoms with Crippen LogP contribution in [-0.4, -0.2) is 21.2 Å². The molecule has 21 heavy (non-hydrogen) atoms. The van der Waals surface area contributed by atoms with Crippen LogP contribution in [0.4, 0.5) is 0 Å². The second-order valence-corrected chi connectivity index (χ2v) is 5.91. The van der Waals surface area contributed by atoms with Crippen molar-refractivity contribution in [3.05, 3.63) is 41.3 Å². The smallest absolute Gasteiger partial charge is 0.243 e. The predicted octanol–water partition coefficient (Wildman–Crippen LogP) is 3.18. The molecule has 2 heterocycles. The molecule has 0 aliphatic heterocycles. The fraction of sp³-hybridized carbons (Fsp3) is 0.562. The van der Waals surface area contributed by atoms with E-state index in [0.29, 0.717) is 5.89 Å². The normalized spacial score (nSPS) is 14.4. The highest BCUT2D eigenvalue weighted by atomic mass is 16.5. The van der Waals surface area contributed by atoms with E-state index in [9.17, 15) is 0 Å². The molecule has 2 atom stereocenters. The van der Waals surface area contributed by atoms with Gasteiger partial charge >= 0.3 is 0 Å². The Morgan fingerprint density at radius 3 is 2.62 bits per heavy atom. The number of hydrogen-bond acceptors (Lipinski definition) is 5. The highest BCUT2D eigenvalue weighted by Gasteiger charge is 2.18. The molecule has 0 saturated heterocycles. The van der Waals surface area contributed by atoms with Gasteiger partial charge in [0.25, 0.3) is 0 Å². The van der Waals surface area contributed by atoms with E-state index in [1.807, 2.05) is 19.2 Å². The van der Waals surface area contributed by atoms with E-state index >= 15 is 0 Å². The van der Waals surface area contributed by atoms with Gasteiger partial charge in [0.2, 0.25) is 5.89 Å². The maximum Gasteiger partial charge on any atom is 0.243 e. The van der Waals surface area contributed by atoms with Crippen molar-refractivity contribution in [3.63, 3.8) is 0 Å². The Kier molecular flexibility index (Phi) is 5.07. The van der Waals surface area contributed by atoms with Crippen LogP contribution in [0.2, 0.25) is 0 Å². The van der Waals surface area contributed by atoms with Gasteiger partial charge in [-0.1, -0.05) is 25.1 Å². The Morgan fingerprint density at radius 1 is 1.24 bits per heavy atom. The van der Waals surface area contributed by atoms with Crippen molar-refractivity contribution in [2.24, 2.45) is 0 Å². The van der Waals surface area contributed by atoms with Crippen LogP contribution >= 0.6 is 0 Å². The molecule has 0 amide bonds. The summed E-state index contributed by atoms with van der Waals surface area (Å²) < 4.78 is 5.32. The van der Waals surface area contributed by atoms with Crippen LogP contribution in [0.25, 0.3) is 0 Å². The van der Waals surface area contributed by atoms with E-state index in [4.69, 9.17) is 4.52 Å². The molecule has 0 spiro atoms. The summed E-state index contributed by atoms with van der Waals surface area (Å²) in [4.78, 5) is 8.87. The summed E-state index contributed by atoms with van der Waals surface area (Å²) in [6.07, 6.45) is 2.72. The van der Waals surface area contributed by atoms with Gasteiger partial charge in [-0.15, -0.1) is 0 Å². The number of pyridine rings is 1. The van der Waals surface area contributed by atoms with E-state index in [1.165, 1.54) is 5.56 Å². The lowest BCUT2D eigenvalue weighted by Gasteiger charge is -2.17. The first-order valence-electron chi connectivity index (χ1n) is 7.47. The van der Waals surface area contributed by atoms with Crippen LogP contribution in [0.15, 0.2) is 22.9 Å². The summed E-state index contributed by atoms with van der Waals surface area (Å²) in [5.41, 5.74) is 2.34. The molecule has 114 valence electrons. The predicted molar refractivity (Wildman–Crippen MR) is 82.1 cm³/mol. The Labute approximate surface area is 126 Å². The van der Waals surface area contributed by atoms with Gasteiger partial charge in [-0.3, -0.25) is 4.98 Å². The Hall–Kier alpha value is -1.75. The van der Waals surface area contributed by atoms with E-state index in [2.05, 4.69) is 54.2 Å².